The number of amides is 2. The van der Waals surface area contributed by atoms with Crippen molar-refractivity contribution >= 4 is 45.7 Å². The lowest BCUT2D eigenvalue weighted by molar-refractivity contribution is -0.130. The number of para-hydroxylation sites is 1. The molecule has 2 aromatic rings. The molecule has 2 amide bonds. The molecule has 0 unspecified atom stereocenters. The van der Waals surface area contributed by atoms with Gasteiger partial charge in [0.05, 0.1) is 12.3 Å². The third-order valence-corrected chi connectivity index (χ3v) is 6.76. The van der Waals surface area contributed by atoms with Gasteiger partial charge in [-0.25, -0.2) is 0 Å². The summed E-state index contributed by atoms with van der Waals surface area (Å²) < 4.78 is 0.783. The molecule has 8 nitrogen and oxygen atoms in total. The highest BCUT2D eigenvalue weighted by molar-refractivity contribution is 8.01. The van der Waals surface area contributed by atoms with Crippen LogP contribution < -0.4 is 10.6 Å². The minimum atomic E-state index is -0.0159. The Bertz CT molecular complexity index is 836. The Morgan fingerprint density at radius 3 is 2.62 bits per heavy atom. The first-order valence-corrected chi connectivity index (χ1v) is 11.4. The SMILES string of the molecule is CCc1ccccc1NC(=O)CN1CCN(C(=O)CSc2nnc(NC)s2)CC1. The van der Waals surface area contributed by atoms with E-state index < -0.39 is 0 Å². The molecule has 3 rings (SSSR count). The van der Waals surface area contributed by atoms with Crippen molar-refractivity contribution in [3.63, 3.8) is 0 Å². The number of benzene rings is 1. The molecular formula is C19H26N6O2S2. The van der Waals surface area contributed by atoms with Crippen molar-refractivity contribution in [2.45, 2.75) is 17.7 Å². The van der Waals surface area contributed by atoms with Crippen molar-refractivity contribution < 1.29 is 9.59 Å². The number of nitrogens with one attached hydrogen (secondary N) is 2. The van der Waals surface area contributed by atoms with Gasteiger partial charge < -0.3 is 15.5 Å². The first kappa shape index (κ1) is 21.5. The van der Waals surface area contributed by atoms with Gasteiger partial charge in [-0.1, -0.05) is 48.2 Å². The fourth-order valence-corrected chi connectivity index (χ4v) is 4.69. The fraction of sp³-hybridized carbons (Fsp3) is 0.474. The molecule has 29 heavy (non-hydrogen) atoms. The van der Waals surface area contributed by atoms with Crippen LogP contribution >= 0.6 is 23.1 Å². The zero-order valence-electron chi connectivity index (χ0n) is 16.7. The average Bonchev–Trinajstić information content (AvgIpc) is 3.21. The predicted molar refractivity (Wildman–Crippen MR) is 118 cm³/mol. The summed E-state index contributed by atoms with van der Waals surface area (Å²) in [5, 5.41) is 14.7. The van der Waals surface area contributed by atoms with Crippen LogP contribution in [0.3, 0.4) is 0 Å². The van der Waals surface area contributed by atoms with Gasteiger partial charge in [0, 0.05) is 38.9 Å². The fourth-order valence-electron chi connectivity index (χ4n) is 3.08. The van der Waals surface area contributed by atoms with E-state index in [0.717, 1.165) is 27.1 Å². The smallest absolute Gasteiger partial charge is 0.238 e. The minimum absolute atomic E-state index is 0.0159. The van der Waals surface area contributed by atoms with Crippen molar-refractivity contribution in [1.82, 2.24) is 20.0 Å². The van der Waals surface area contributed by atoms with Gasteiger partial charge in [-0.2, -0.15) is 0 Å². The zero-order valence-corrected chi connectivity index (χ0v) is 18.3. The topological polar surface area (TPSA) is 90.5 Å². The summed E-state index contributed by atoms with van der Waals surface area (Å²) in [4.78, 5) is 28.8. The molecule has 1 fully saturated rings. The summed E-state index contributed by atoms with van der Waals surface area (Å²) in [6, 6.07) is 7.87. The number of nitrogens with zero attached hydrogens (tertiary/aromatic N) is 4. The lowest BCUT2D eigenvalue weighted by Crippen LogP contribution is -2.50. The van der Waals surface area contributed by atoms with Crippen LogP contribution in [0.25, 0.3) is 0 Å². The Hall–Kier alpha value is -2.17. The largest absolute Gasteiger partial charge is 0.363 e. The normalized spacial score (nSPS) is 14.6. The minimum Gasteiger partial charge on any atom is -0.363 e. The van der Waals surface area contributed by atoms with Gasteiger partial charge in [0.25, 0.3) is 0 Å². The molecule has 10 heteroatoms. The summed E-state index contributed by atoms with van der Waals surface area (Å²) >= 11 is 2.85. The predicted octanol–water partition coefficient (Wildman–Crippen LogP) is 2.02. The van der Waals surface area contributed by atoms with Crippen molar-refractivity contribution in [2.24, 2.45) is 0 Å². The van der Waals surface area contributed by atoms with Crippen LogP contribution in [0.15, 0.2) is 28.6 Å². The van der Waals surface area contributed by atoms with Crippen molar-refractivity contribution in [2.75, 3.05) is 56.2 Å². The van der Waals surface area contributed by atoms with Gasteiger partial charge >= 0.3 is 0 Å². The molecule has 1 aliphatic rings. The number of rotatable bonds is 8. The zero-order chi connectivity index (χ0) is 20.6. The van der Waals surface area contributed by atoms with E-state index in [1.807, 2.05) is 29.2 Å². The number of anilines is 2. The van der Waals surface area contributed by atoms with E-state index in [1.54, 1.807) is 7.05 Å². The van der Waals surface area contributed by atoms with E-state index in [4.69, 9.17) is 0 Å². The molecule has 2 N–H and O–H groups in total. The maximum absolute atomic E-state index is 12.4. The van der Waals surface area contributed by atoms with Crippen LogP contribution in [0.2, 0.25) is 0 Å². The highest BCUT2D eigenvalue weighted by Gasteiger charge is 2.23. The van der Waals surface area contributed by atoms with Crippen molar-refractivity contribution in [1.29, 1.82) is 0 Å². The standard InChI is InChI=1S/C19H26N6O2S2/c1-3-14-6-4-5-7-15(14)21-16(26)12-24-8-10-25(11-9-24)17(27)13-28-19-23-22-18(20-2)29-19/h4-7H,3,8-13H2,1-2H3,(H,20,22)(H,21,26). The second kappa shape index (κ2) is 10.6. The molecule has 1 saturated heterocycles. The van der Waals surface area contributed by atoms with E-state index >= 15 is 0 Å². The van der Waals surface area contributed by atoms with Gasteiger partial charge in [0.1, 0.15) is 0 Å². The molecule has 1 aromatic heterocycles. The molecular weight excluding hydrogens is 408 g/mol. The number of aryl methyl sites for hydroxylation is 1. The molecule has 0 radical (unpaired) electrons. The summed E-state index contributed by atoms with van der Waals surface area (Å²) in [6.07, 6.45) is 0.878. The van der Waals surface area contributed by atoms with E-state index in [-0.39, 0.29) is 11.8 Å². The highest BCUT2D eigenvalue weighted by atomic mass is 32.2. The quantitative estimate of drug-likeness (QED) is 0.614. The lowest BCUT2D eigenvalue weighted by atomic mass is 10.1. The van der Waals surface area contributed by atoms with Gasteiger partial charge in [0.15, 0.2) is 4.34 Å². The summed E-state index contributed by atoms with van der Waals surface area (Å²) in [5.74, 6) is 0.433. The maximum Gasteiger partial charge on any atom is 0.238 e. The molecule has 0 spiro atoms. The van der Waals surface area contributed by atoms with E-state index in [0.29, 0.717) is 38.5 Å². The summed E-state index contributed by atoms with van der Waals surface area (Å²) in [5.41, 5.74) is 2.01. The molecule has 2 heterocycles. The monoisotopic (exact) mass is 434 g/mol. The van der Waals surface area contributed by atoms with Crippen molar-refractivity contribution in [3.05, 3.63) is 29.8 Å². The van der Waals surface area contributed by atoms with Crippen molar-refractivity contribution in [3.8, 4) is 0 Å². The van der Waals surface area contributed by atoms with E-state index in [2.05, 4.69) is 32.7 Å². The molecule has 0 saturated carbocycles. The Morgan fingerprint density at radius 1 is 1.17 bits per heavy atom. The molecule has 1 aliphatic heterocycles. The van der Waals surface area contributed by atoms with E-state index in [1.165, 1.54) is 23.1 Å². The number of hydrogen-bond donors (Lipinski definition) is 2. The summed E-state index contributed by atoms with van der Waals surface area (Å²) in [7, 11) is 1.79. The second-order valence-electron chi connectivity index (χ2n) is 6.63. The van der Waals surface area contributed by atoms with Gasteiger partial charge in [0.2, 0.25) is 16.9 Å². The number of hydrogen-bond acceptors (Lipinski definition) is 8. The number of carbonyl (C=O) groups is 2. The van der Waals surface area contributed by atoms with E-state index in [9.17, 15) is 9.59 Å². The van der Waals surface area contributed by atoms with Crippen LogP contribution in [0.4, 0.5) is 10.8 Å². The van der Waals surface area contributed by atoms with Crippen LogP contribution in [-0.4, -0.2) is 77.3 Å². The maximum atomic E-state index is 12.4. The Balaban J connectivity index is 1.40. The van der Waals surface area contributed by atoms with Gasteiger partial charge in [-0.05, 0) is 18.1 Å². The van der Waals surface area contributed by atoms with Crippen LogP contribution in [0, 0.1) is 0 Å². The number of thioether (sulfide) groups is 1. The number of piperazine rings is 1. The average molecular weight is 435 g/mol. The second-order valence-corrected chi connectivity index (χ2v) is 8.83. The first-order valence-electron chi connectivity index (χ1n) is 9.61. The summed E-state index contributed by atoms with van der Waals surface area (Å²) in [6.45, 7) is 5.08. The molecule has 0 atom stereocenters. The Labute approximate surface area is 179 Å². The first-order chi connectivity index (χ1) is 14.1. The third kappa shape index (κ3) is 6.15. The number of aromatic nitrogens is 2. The Kier molecular flexibility index (Phi) is 7.84. The molecule has 0 bridgehead atoms. The lowest BCUT2D eigenvalue weighted by Gasteiger charge is -2.34. The third-order valence-electron chi connectivity index (χ3n) is 4.70. The Morgan fingerprint density at radius 2 is 1.93 bits per heavy atom. The molecule has 1 aromatic carbocycles. The highest BCUT2D eigenvalue weighted by Crippen LogP contribution is 2.25. The van der Waals surface area contributed by atoms with Crippen LogP contribution in [0.5, 0.6) is 0 Å². The van der Waals surface area contributed by atoms with Crippen LogP contribution in [0.1, 0.15) is 12.5 Å². The van der Waals surface area contributed by atoms with Gasteiger partial charge in [-0.15, -0.1) is 10.2 Å². The van der Waals surface area contributed by atoms with Crippen LogP contribution in [-0.2, 0) is 16.0 Å². The molecule has 0 aliphatic carbocycles. The van der Waals surface area contributed by atoms with Gasteiger partial charge in [-0.3, -0.25) is 14.5 Å². The number of carbonyl (C=O) groups excluding carboxylic acids is 2. The molecule has 156 valence electrons.